The van der Waals surface area contributed by atoms with Crippen LogP contribution in [0.3, 0.4) is 0 Å². The lowest BCUT2D eigenvalue weighted by molar-refractivity contribution is 0.683. The third kappa shape index (κ3) is 3.06. The Hall–Kier alpha value is -2.10. The van der Waals surface area contributed by atoms with Gasteiger partial charge < -0.3 is 5.73 Å². The van der Waals surface area contributed by atoms with Crippen molar-refractivity contribution in [2.24, 2.45) is 0 Å². The van der Waals surface area contributed by atoms with Crippen LogP contribution in [-0.2, 0) is 10.8 Å². The molecule has 0 aliphatic rings. The summed E-state index contributed by atoms with van der Waals surface area (Å²) in [7, 11) is -1.27. The lowest BCUT2D eigenvalue weighted by Crippen LogP contribution is -1.95. The number of nitrogen functional groups attached to an aromatic ring is 1. The predicted molar refractivity (Wildman–Crippen MR) is 92.4 cm³/mol. The molecule has 0 aliphatic carbocycles. The topological polar surface area (TPSA) is 43.1 Å². The van der Waals surface area contributed by atoms with Crippen molar-refractivity contribution in [2.45, 2.75) is 9.79 Å². The van der Waals surface area contributed by atoms with E-state index in [-0.39, 0.29) is 0 Å². The van der Waals surface area contributed by atoms with Crippen LogP contribution < -0.4 is 5.73 Å². The Balaban J connectivity index is 1.89. The van der Waals surface area contributed by atoms with Gasteiger partial charge in [0.05, 0.1) is 21.5 Å². The summed E-state index contributed by atoms with van der Waals surface area (Å²) in [5.74, 6) is 0. The van der Waals surface area contributed by atoms with Gasteiger partial charge in [0.1, 0.15) is 0 Å². The summed E-state index contributed by atoms with van der Waals surface area (Å²) in [6, 6.07) is 22.8. The van der Waals surface area contributed by atoms with Crippen LogP contribution in [0, 0.1) is 0 Å². The maximum Gasteiger partial charge on any atom is 0.0850 e. The zero-order valence-electron chi connectivity index (χ0n) is 11.7. The zero-order chi connectivity index (χ0) is 15.5. The average molecular weight is 328 g/mol. The van der Waals surface area contributed by atoms with Crippen molar-refractivity contribution in [3.05, 3.63) is 77.8 Å². The van der Waals surface area contributed by atoms with Crippen LogP contribution in [0.1, 0.15) is 0 Å². The zero-order valence-corrected chi connectivity index (χ0v) is 13.3. The molecule has 0 heterocycles. The van der Waals surface area contributed by atoms with Gasteiger partial charge in [-0.2, -0.15) is 0 Å². The molecule has 0 spiro atoms. The molecule has 0 saturated carbocycles. The highest BCUT2D eigenvalue weighted by Crippen LogP contribution is 2.26. The first-order valence-corrected chi connectivity index (χ1v) is 8.30. The normalized spacial score (nSPS) is 12.0. The highest BCUT2D eigenvalue weighted by atomic mass is 35.5. The molecule has 0 aliphatic heterocycles. The second-order valence-corrected chi connectivity index (χ2v) is 6.73. The Kier molecular flexibility index (Phi) is 4.27. The number of anilines is 1. The Labute approximate surface area is 137 Å². The van der Waals surface area contributed by atoms with Crippen LogP contribution in [0.25, 0.3) is 11.1 Å². The lowest BCUT2D eigenvalue weighted by Gasteiger charge is -2.06. The number of hydrogen-bond donors (Lipinski definition) is 1. The van der Waals surface area contributed by atoms with Gasteiger partial charge in [0.15, 0.2) is 0 Å². The van der Waals surface area contributed by atoms with Crippen molar-refractivity contribution in [2.75, 3.05) is 5.73 Å². The summed E-state index contributed by atoms with van der Waals surface area (Å²) in [6.07, 6.45) is 0. The molecule has 0 radical (unpaired) electrons. The maximum absolute atomic E-state index is 12.6. The van der Waals surface area contributed by atoms with Gasteiger partial charge >= 0.3 is 0 Å². The van der Waals surface area contributed by atoms with Crippen LogP contribution in [0.4, 0.5) is 5.69 Å². The molecule has 2 N–H and O–H groups in total. The fourth-order valence-electron chi connectivity index (χ4n) is 2.17. The van der Waals surface area contributed by atoms with E-state index in [2.05, 4.69) is 0 Å². The van der Waals surface area contributed by atoms with Crippen LogP contribution in [-0.4, -0.2) is 4.21 Å². The number of nitrogens with two attached hydrogens (primary N) is 1. The van der Waals surface area contributed by atoms with Gasteiger partial charge in [0.25, 0.3) is 0 Å². The van der Waals surface area contributed by atoms with Crippen molar-refractivity contribution in [1.82, 2.24) is 0 Å². The molecule has 0 aromatic heterocycles. The quantitative estimate of drug-likeness (QED) is 0.705. The Morgan fingerprint density at radius 1 is 0.773 bits per heavy atom. The standard InChI is InChI=1S/C18H14ClNOS/c19-17-11-10-16(12-18(17)20)22(21)15-8-6-14(7-9-15)13-4-2-1-3-5-13/h1-12H,20H2. The highest BCUT2D eigenvalue weighted by Gasteiger charge is 2.09. The van der Waals surface area contributed by atoms with Crippen molar-refractivity contribution in [3.63, 3.8) is 0 Å². The molecule has 110 valence electrons. The summed E-state index contributed by atoms with van der Waals surface area (Å²) in [5.41, 5.74) is 8.44. The van der Waals surface area contributed by atoms with E-state index in [9.17, 15) is 4.21 Å². The van der Waals surface area contributed by atoms with Crippen molar-refractivity contribution < 1.29 is 4.21 Å². The van der Waals surface area contributed by atoms with Gasteiger partial charge in [-0.25, -0.2) is 4.21 Å². The summed E-state index contributed by atoms with van der Waals surface area (Å²) in [6.45, 7) is 0. The van der Waals surface area contributed by atoms with Crippen molar-refractivity contribution in [1.29, 1.82) is 0 Å². The minimum Gasteiger partial charge on any atom is -0.397 e. The van der Waals surface area contributed by atoms with Crippen LogP contribution in [0.2, 0.25) is 5.02 Å². The minimum absolute atomic E-state index is 0.438. The summed E-state index contributed by atoms with van der Waals surface area (Å²) in [4.78, 5) is 1.38. The van der Waals surface area contributed by atoms with E-state index in [1.54, 1.807) is 18.2 Å². The van der Waals surface area contributed by atoms with Gasteiger partial charge in [0, 0.05) is 9.79 Å². The third-order valence-corrected chi connectivity index (χ3v) is 5.08. The molecule has 3 rings (SSSR count). The van der Waals surface area contributed by atoms with Crippen LogP contribution >= 0.6 is 11.6 Å². The van der Waals surface area contributed by atoms with E-state index in [0.29, 0.717) is 15.6 Å². The smallest absolute Gasteiger partial charge is 0.0850 e. The van der Waals surface area contributed by atoms with Crippen molar-refractivity contribution in [3.8, 4) is 11.1 Å². The second kappa shape index (κ2) is 6.34. The van der Waals surface area contributed by atoms with Crippen LogP contribution in [0.5, 0.6) is 0 Å². The largest absolute Gasteiger partial charge is 0.397 e. The van der Waals surface area contributed by atoms with Gasteiger partial charge in [0.2, 0.25) is 0 Å². The molecule has 0 amide bonds. The molecule has 3 aromatic rings. The Bertz CT molecular complexity index is 816. The molecule has 22 heavy (non-hydrogen) atoms. The predicted octanol–water partition coefficient (Wildman–Crippen LogP) is 4.76. The van der Waals surface area contributed by atoms with Crippen LogP contribution in [0.15, 0.2) is 82.6 Å². The molecule has 0 bridgehead atoms. The summed E-state index contributed by atoms with van der Waals surface area (Å²) >= 11 is 5.90. The first-order chi connectivity index (χ1) is 10.6. The minimum atomic E-state index is -1.27. The molecular weight excluding hydrogens is 314 g/mol. The molecule has 3 aromatic carbocycles. The van der Waals surface area contributed by atoms with Gasteiger partial charge in [-0.3, -0.25) is 0 Å². The second-order valence-electron chi connectivity index (χ2n) is 4.84. The molecule has 0 saturated heterocycles. The lowest BCUT2D eigenvalue weighted by atomic mass is 10.1. The van der Waals surface area contributed by atoms with E-state index in [1.165, 1.54) is 0 Å². The van der Waals surface area contributed by atoms with Gasteiger partial charge in [-0.05, 0) is 41.5 Å². The molecular formula is C18H14ClNOS. The first kappa shape index (κ1) is 14.8. The van der Waals surface area contributed by atoms with Gasteiger partial charge in [-0.15, -0.1) is 0 Å². The fraction of sp³-hybridized carbons (Fsp3) is 0. The highest BCUT2D eigenvalue weighted by molar-refractivity contribution is 7.85. The van der Waals surface area contributed by atoms with E-state index >= 15 is 0 Å². The van der Waals surface area contributed by atoms with E-state index in [0.717, 1.165) is 16.0 Å². The number of hydrogen-bond acceptors (Lipinski definition) is 2. The van der Waals surface area contributed by atoms with Crippen molar-refractivity contribution >= 4 is 28.1 Å². The number of rotatable bonds is 3. The Morgan fingerprint density at radius 3 is 2.00 bits per heavy atom. The first-order valence-electron chi connectivity index (χ1n) is 6.77. The number of halogens is 1. The SMILES string of the molecule is Nc1cc(S(=O)c2ccc(-c3ccccc3)cc2)ccc1Cl. The van der Waals surface area contributed by atoms with E-state index < -0.39 is 10.8 Å². The van der Waals surface area contributed by atoms with Gasteiger partial charge in [-0.1, -0.05) is 54.1 Å². The number of benzene rings is 3. The van der Waals surface area contributed by atoms with E-state index in [1.807, 2.05) is 54.6 Å². The maximum atomic E-state index is 12.6. The average Bonchev–Trinajstić information content (AvgIpc) is 2.58. The summed E-state index contributed by atoms with van der Waals surface area (Å²) in [5, 5.41) is 0.472. The van der Waals surface area contributed by atoms with E-state index in [4.69, 9.17) is 17.3 Å². The molecule has 4 heteroatoms. The molecule has 1 atom stereocenters. The summed E-state index contributed by atoms with van der Waals surface area (Å²) < 4.78 is 12.6. The Morgan fingerprint density at radius 2 is 1.36 bits per heavy atom. The molecule has 0 fully saturated rings. The third-order valence-electron chi connectivity index (χ3n) is 3.36. The molecule has 2 nitrogen and oxygen atoms in total. The fourth-order valence-corrected chi connectivity index (χ4v) is 3.37. The monoisotopic (exact) mass is 327 g/mol. The molecule has 1 unspecified atom stereocenters.